The van der Waals surface area contributed by atoms with E-state index in [1.807, 2.05) is 49.4 Å². The normalized spacial score (nSPS) is 9.65. The van der Waals surface area contributed by atoms with Crippen LogP contribution in [-0.4, -0.2) is 0 Å². The summed E-state index contributed by atoms with van der Waals surface area (Å²) in [5, 5.41) is 8.29. The highest BCUT2D eigenvalue weighted by Crippen LogP contribution is 2.11. The molecular weight excluding hydrogens is 248 g/mol. The molecule has 0 saturated heterocycles. The summed E-state index contributed by atoms with van der Waals surface area (Å²) in [4.78, 5) is 0. The average Bonchev–Trinajstić information content (AvgIpc) is 2.83. The van der Waals surface area contributed by atoms with Crippen LogP contribution in [0.3, 0.4) is 0 Å². The maximum atomic E-state index is 8.29. The van der Waals surface area contributed by atoms with Gasteiger partial charge in [-0.2, -0.15) is 9.83 Å². The van der Waals surface area contributed by atoms with Crippen LogP contribution in [-0.2, 0) is 6.54 Å². The van der Waals surface area contributed by atoms with Crippen LogP contribution in [0.15, 0.2) is 59.0 Å². The molecule has 3 rings (SSSR count). The lowest BCUT2D eigenvalue weighted by molar-refractivity contribution is -0.679. The molecule has 0 radical (unpaired) electrons. The number of aromatic nitrogens is 1. The van der Waals surface area contributed by atoms with E-state index in [1.165, 1.54) is 5.52 Å². The lowest BCUT2D eigenvalue weighted by Gasteiger charge is -1.85. The van der Waals surface area contributed by atoms with Crippen molar-refractivity contribution in [1.29, 1.82) is 5.26 Å². The first-order valence-corrected chi connectivity index (χ1v) is 6.59. The monoisotopic (exact) mass is 265 g/mol. The summed E-state index contributed by atoms with van der Waals surface area (Å²) in [6.07, 6.45) is 0. The van der Waals surface area contributed by atoms with Crippen molar-refractivity contribution in [3.8, 4) is 6.07 Å². The summed E-state index contributed by atoms with van der Waals surface area (Å²) in [7, 11) is 0. The van der Waals surface area contributed by atoms with Gasteiger partial charge in [-0.05, 0) is 25.1 Å². The van der Waals surface area contributed by atoms with Crippen LogP contribution >= 0.6 is 0 Å². The minimum Gasteiger partial charge on any atom is -0.402 e. The number of aryl methyl sites for hydroxylation is 2. The van der Waals surface area contributed by atoms with E-state index in [0.717, 1.165) is 18.0 Å². The van der Waals surface area contributed by atoms with Gasteiger partial charge < -0.3 is 4.42 Å². The van der Waals surface area contributed by atoms with Gasteiger partial charge in [0, 0.05) is 6.07 Å². The molecule has 3 nitrogen and oxygen atoms in total. The van der Waals surface area contributed by atoms with Gasteiger partial charge in [-0.25, -0.2) is 0 Å². The van der Waals surface area contributed by atoms with Crippen molar-refractivity contribution < 1.29 is 8.98 Å². The van der Waals surface area contributed by atoms with Crippen molar-refractivity contribution in [2.45, 2.75) is 20.4 Å². The highest BCUT2D eigenvalue weighted by molar-refractivity contribution is 5.68. The van der Waals surface area contributed by atoms with Gasteiger partial charge in [0.05, 0.1) is 18.6 Å². The molecule has 0 aliphatic carbocycles. The number of benzene rings is 2. The van der Waals surface area contributed by atoms with Gasteiger partial charge in [-0.1, -0.05) is 30.3 Å². The number of rotatable bonds is 1. The molecule has 0 unspecified atom stereocenters. The minimum atomic E-state index is 0.715. The summed E-state index contributed by atoms with van der Waals surface area (Å²) in [5.74, 6) is 0.971. The summed E-state index contributed by atoms with van der Waals surface area (Å²) >= 11 is 0. The van der Waals surface area contributed by atoms with Crippen LogP contribution in [0.5, 0.6) is 0 Å². The van der Waals surface area contributed by atoms with E-state index in [-0.39, 0.29) is 0 Å². The fourth-order valence-corrected chi connectivity index (χ4v) is 2.06. The molecule has 0 bridgehead atoms. The Morgan fingerprint density at radius 3 is 2.30 bits per heavy atom. The molecule has 0 aliphatic rings. The van der Waals surface area contributed by atoms with Gasteiger partial charge in [0.25, 0.3) is 5.52 Å². The number of hydrogen-bond donors (Lipinski definition) is 0. The SMILES string of the molecule is CC[n+]1c(C)oc2ccccc21.N#Cc1ccccc1. The van der Waals surface area contributed by atoms with Crippen molar-refractivity contribution in [1.82, 2.24) is 0 Å². The molecule has 1 aromatic heterocycles. The van der Waals surface area contributed by atoms with Crippen LogP contribution in [0.4, 0.5) is 0 Å². The predicted octanol–water partition coefficient (Wildman–Crippen LogP) is 3.61. The van der Waals surface area contributed by atoms with Crippen LogP contribution < -0.4 is 4.57 Å². The lowest BCUT2D eigenvalue weighted by Crippen LogP contribution is -2.33. The van der Waals surface area contributed by atoms with Crippen LogP contribution in [0.2, 0.25) is 0 Å². The number of fused-ring (bicyclic) bond motifs is 1. The van der Waals surface area contributed by atoms with Gasteiger partial charge in [0.1, 0.15) is 6.54 Å². The molecule has 0 N–H and O–H groups in total. The Kier molecular flexibility index (Phi) is 4.52. The second kappa shape index (κ2) is 6.53. The molecule has 0 saturated carbocycles. The Morgan fingerprint density at radius 1 is 1.05 bits per heavy atom. The molecule has 2 aromatic carbocycles. The Morgan fingerprint density at radius 2 is 1.70 bits per heavy atom. The molecule has 1 heterocycles. The maximum absolute atomic E-state index is 8.29. The van der Waals surface area contributed by atoms with Crippen LogP contribution in [0, 0.1) is 18.3 Å². The second-order valence-electron chi connectivity index (χ2n) is 4.31. The van der Waals surface area contributed by atoms with Gasteiger partial charge in [-0.3, -0.25) is 0 Å². The third-order valence-corrected chi connectivity index (χ3v) is 3.01. The Labute approximate surface area is 118 Å². The highest BCUT2D eigenvalue weighted by atomic mass is 16.3. The van der Waals surface area contributed by atoms with E-state index in [1.54, 1.807) is 12.1 Å². The third-order valence-electron chi connectivity index (χ3n) is 3.01. The molecular formula is C17H17N2O+. The van der Waals surface area contributed by atoms with Gasteiger partial charge in [0.2, 0.25) is 5.58 Å². The predicted molar refractivity (Wildman–Crippen MR) is 78.0 cm³/mol. The fourth-order valence-electron chi connectivity index (χ4n) is 2.06. The summed E-state index contributed by atoms with van der Waals surface area (Å²) in [6.45, 7) is 5.07. The molecule has 3 aromatic rings. The molecule has 20 heavy (non-hydrogen) atoms. The fraction of sp³-hybridized carbons (Fsp3) is 0.176. The first-order chi connectivity index (χ1) is 9.76. The Bertz CT molecular complexity index is 724. The summed E-state index contributed by atoms with van der Waals surface area (Å²) in [6, 6.07) is 19.3. The maximum Gasteiger partial charge on any atom is 0.344 e. The van der Waals surface area contributed by atoms with Crippen molar-refractivity contribution in [3.05, 3.63) is 66.1 Å². The van der Waals surface area contributed by atoms with Crippen molar-refractivity contribution >= 4 is 11.1 Å². The lowest BCUT2D eigenvalue weighted by atomic mass is 10.2. The minimum absolute atomic E-state index is 0.715. The van der Waals surface area contributed by atoms with E-state index in [4.69, 9.17) is 9.68 Å². The number of hydrogen-bond acceptors (Lipinski definition) is 2. The number of nitrogens with zero attached hydrogens (tertiary/aromatic N) is 2. The first-order valence-electron chi connectivity index (χ1n) is 6.59. The van der Waals surface area contributed by atoms with E-state index < -0.39 is 0 Å². The smallest absolute Gasteiger partial charge is 0.344 e. The topological polar surface area (TPSA) is 40.8 Å². The van der Waals surface area contributed by atoms with E-state index in [9.17, 15) is 0 Å². The van der Waals surface area contributed by atoms with Crippen LogP contribution in [0.1, 0.15) is 18.4 Å². The second-order valence-corrected chi connectivity index (χ2v) is 4.31. The molecule has 0 amide bonds. The Hall–Kier alpha value is -2.60. The molecule has 0 aliphatic heterocycles. The molecule has 100 valence electrons. The molecule has 0 spiro atoms. The van der Waals surface area contributed by atoms with Gasteiger partial charge in [0.15, 0.2) is 0 Å². The molecule has 0 fully saturated rings. The molecule has 0 atom stereocenters. The molecule has 3 heteroatoms. The highest BCUT2D eigenvalue weighted by Gasteiger charge is 2.15. The Balaban J connectivity index is 0.000000160. The zero-order valence-corrected chi connectivity index (χ0v) is 11.7. The first kappa shape index (κ1) is 13.8. The van der Waals surface area contributed by atoms with Crippen molar-refractivity contribution in [2.75, 3.05) is 0 Å². The summed E-state index contributed by atoms with van der Waals surface area (Å²) < 4.78 is 7.71. The van der Waals surface area contributed by atoms with E-state index >= 15 is 0 Å². The van der Waals surface area contributed by atoms with Crippen molar-refractivity contribution in [3.63, 3.8) is 0 Å². The average molecular weight is 265 g/mol. The largest absolute Gasteiger partial charge is 0.402 e. The number of nitriles is 1. The van der Waals surface area contributed by atoms with Crippen molar-refractivity contribution in [2.24, 2.45) is 0 Å². The zero-order chi connectivity index (χ0) is 14.4. The summed E-state index contributed by atoms with van der Waals surface area (Å²) in [5.41, 5.74) is 2.86. The van der Waals surface area contributed by atoms with Crippen LogP contribution in [0.25, 0.3) is 11.1 Å². The standard InChI is InChI=1S/C10H12NO.C7H5N/c1-3-11-8(2)12-10-7-5-4-6-9(10)11;8-6-7-4-2-1-3-5-7/h4-7H,3H2,1-2H3;1-5H/q+1;. The van der Waals surface area contributed by atoms with E-state index in [2.05, 4.69) is 17.6 Å². The van der Waals surface area contributed by atoms with Gasteiger partial charge >= 0.3 is 5.89 Å². The van der Waals surface area contributed by atoms with Gasteiger partial charge in [-0.15, -0.1) is 0 Å². The van der Waals surface area contributed by atoms with E-state index in [0.29, 0.717) is 5.56 Å². The quantitative estimate of drug-likeness (QED) is 0.631. The third kappa shape index (κ3) is 3.04. The number of para-hydroxylation sites is 2. The number of oxazole rings is 1. The zero-order valence-electron chi connectivity index (χ0n) is 11.7.